The molecule has 0 unspecified atom stereocenters. The minimum absolute atomic E-state index is 0.152. The third-order valence-electron chi connectivity index (χ3n) is 3.77. The quantitative estimate of drug-likeness (QED) is 0.495. The minimum Gasteiger partial charge on any atom is -0.339 e. The second-order valence-corrected chi connectivity index (χ2v) is 7.77. The van der Waals surface area contributed by atoms with Crippen LogP contribution in [0.2, 0.25) is 0 Å². The van der Waals surface area contributed by atoms with Crippen molar-refractivity contribution in [1.82, 2.24) is 15.1 Å². The molecule has 0 aliphatic heterocycles. The molecule has 0 aliphatic rings. The first kappa shape index (κ1) is 18.3. The van der Waals surface area contributed by atoms with Gasteiger partial charge in [-0.25, -0.2) is 4.98 Å². The number of rotatable bonds is 6. The number of benzene rings is 1. The van der Waals surface area contributed by atoms with Crippen LogP contribution in [0.1, 0.15) is 19.2 Å². The van der Waals surface area contributed by atoms with Crippen LogP contribution in [0, 0.1) is 0 Å². The van der Waals surface area contributed by atoms with Crippen molar-refractivity contribution in [2.75, 3.05) is 10.6 Å². The van der Waals surface area contributed by atoms with Crippen LogP contribution in [0.25, 0.3) is 21.6 Å². The summed E-state index contributed by atoms with van der Waals surface area (Å²) in [5.74, 6) is 0.633. The molecule has 0 fully saturated rings. The Kier molecular flexibility index (Phi) is 5.13. The fourth-order valence-corrected chi connectivity index (χ4v) is 4.10. The first-order valence-electron chi connectivity index (χ1n) is 8.40. The van der Waals surface area contributed by atoms with Gasteiger partial charge >= 0.3 is 0 Å². The average Bonchev–Trinajstić information content (AvgIpc) is 3.39. The lowest BCUT2D eigenvalue weighted by Gasteiger charge is -2.03. The number of carbonyl (C=O) groups excluding carboxylic acids is 2. The van der Waals surface area contributed by atoms with Gasteiger partial charge in [-0.3, -0.25) is 9.59 Å². The molecule has 0 spiro atoms. The highest BCUT2D eigenvalue weighted by Gasteiger charge is 2.12. The number of anilines is 2. The molecule has 2 N–H and O–H groups in total. The summed E-state index contributed by atoms with van der Waals surface area (Å²) in [5, 5.41) is 13.9. The lowest BCUT2D eigenvalue weighted by molar-refractivity contribution is -0.116. The molecule has 0 aliphatic carbocycles. The molecular formula is C18H15N5O3S2. The zero-order valence-electron chi connectivity index (χ0n) is 14.8. The normalized spacial score (nSPS) is 10.9. The van der Waals surface area contributed by atoms with Gasteiger partial charge in [0.25, 0.3) is 0 Å². The molecule has 0 bridgehead atoms. The summed E-state index contributed by atoms with van der Waals surface area (Å²) in [6.45, 7) is 1.43. The van der Waals surface area contributed by atoms with Crippen molar-refractivity contribution in [2.45, 2.75) is 19.8 Å². The highest BCUT2D eigenvalue weighted by molar-refractivity contribution is 7.22. The standard InChI is InChI=1S/C18H15N5O3S2/c1-10(24)19-18-21-13-3-2-12(8-14(13)28-18)20-15(25)4-5-16-22-17(23-26-16)11-6-7-27-9-11/h2-3,6-9H,4-5H2,1H3,(H,20,25)(H,19,21,24). The summed E-state index contributed by atoms with van der Waals surface area (Å²) in [6, 6.07) is 7.33. The molecule has 4 rings (SSSR count). The fraction of sp³-hybridized carbons (Fsp3) is 0.167. The number of amides is 2. The van der Waals surface area contributed by atoms with E-state index in [4.69, 9.17) is 4.52 Å². The van der Waals surface area contributed by atoms with Crippen molar-refractivity contribution in [2.24, 2.45) is 0 Å². The van der Waals surface area contributed by atoms with Gasteiger partial charge in [-0.2, -0.15) is 16.3 Å². The van der Waals surface area contributed by atoms with Crippen molar-refractivity contribution in [3.8, 4) is 11.4 Å². The van der Waals surface area contributed by atoms with Crippen molar-refractivity contribution < 1.29 is 14.1 Å². The Morgan fingerprint density at radius 3 is 2.86 bits per heavy atom. The van der Waals surface area contributed by atoms with Crippen LogP contribution in [-0.4, -0.2) is 26.9 Å². The second-order valence-electron chi connectivity index (χ2n) is 5.95. The van der Waals surface area contributed by atoms with Gasteiger partial charge in [0, 0.05) is 36.4 Å². The molecular weight excluding hydrogens is 398 g/mol. The first-order valence-corrected chi connectivity index (χ1v) is 10.2. The Balaban J connectivity index is 1.36. The summed E-state index contributed by atoms with van der Waals surface area (Å²) < 4.78 is 6.08. The maximum absolute atomic E-state index is 12.2. The van der Waals surface area contributed by atoms with Crippen LogP contribution < -0.4 is 10.6 Å². The van der Waals surface area contributed by atoms with Gasteiger partial charge in [0.15, 0.2) is 5.13 Å². The summed E-state index contributed by atoms with van der Waals surface area (Å²) >= 11 is 2.91. The summed E-state index contributed by atoms with van der Waals surface area (Å²) in [4.78, 5) is 32.0. The molecule has 0 radical (unpaired) electrons. The van der Waals surface area contributed by atoms with E-state index < -0.39 is 0 Å². The summed E-state index contributed by atoms with van der Waals surface area (Å²) in [7, 11) is 0. The minimum atomic E-state index is -0.171. The van der Waals surface area contributed by atoms with Crippen LogP contribution in [0.15, 0.2) is 39.5 Å². The second kappa shape index (κ2) is 7.87. The lowest BCUT2D eigenvalue weighted by atomic mass is 10.2. The van der Waals surface area contributed by atoms with Crippen LogP contribution in [0.3, 0.4) is 0 Å². The average molecular weight is 413 g/mol. The molecule has 28 heavy (non-hydrogen) atoms. The number of nitrogens with zero attached hydrogens (tertiary/aromatic N) is 3. The first-order chi connectivity index (χ1) is 13.6. The van der Waals surface area contributed by atoms with Crippen LogP contribution >= 0.6 is 22.7 Å². The van der Waals surface area contributed by atoms with Crippen molar-refractivity contribution in [3.63, 3.8) is 0 Å². The Morgan fingerprint density at radius 1 is 1.18 bits per heavy atom. The van der Waals surface area contributed by atoms with Gasteiger partial charge in [0.05, 0.1) is 10.2 Å². The molecule has 0 atom stereocenters. The Morgan fingerprint density at radius 2 is 2.07 bits per heavy atom. The van der Waals surface area contributed by atoms with E-state index in [2.05, 4.69) is 25.8 Å². The largest absolute Gasteiger partial charge is 0.339 e. The van der Waals surface area contributed by atoms with E-state index in [9.17, 15) is 9.59 Å². The van der Waals surface area contributed by atoms with E-state index in [1.807, 2.05) is 22.9 Å². The fourth-order valence-electron chi connectivity index (χ4n) is 2.52. The SMILES string of the molecule is CC(=O)Nc1nc2ccc(NC(=O)CCc3nc(-c4ccsc4)no3)cc2s1. The number of fused-ring (bicyclic) bond motifs is 1. The van der Waals surface area contributed by atoms with Gasteiger partial charge in [0.2, 0.25) is 23.5 Å². The van der Waals surface area contributed by atoms with Gasteiger partial charge in [-0.1, -0.05) is 16.5 Å². The van der Waals surface area contributed by atoms with Crippen LogP contribution in [-0.2, 0) is 16.0 Å². The Labute approximate surface area is 167 Å². The molecule has 0 saturated heterocycles. The van der Waals surface area contributed by atoms with E-state index >= 15 is 0 Å². The van der Waals surface area contributed by atoms with Gasteiger partial charge in [-0.05, 0) is 29.6 Å². The molecule has 142 valence electrons. The summed E-state index contributed by atoms with van der Waals surface area (Å²) in [5.41, 5.74) is 2.33. The zero-order valence-corrected chi connectivity index (χ0v) is 16.4. The maximum atomic E-state index is 12.2. The summed E-state index contributed by atoms with van der Waals surface area (Å²) in [6.07, 6.45) is 0.585. The van der Waals surface area contributed by atoms with Gasteiger partial charge in [0.1, 0.15) is 0 Å². The van der Waals surface area contributed by atoms with Crippen molar-refractivity contribution >= 4 is 55.5 Å². The third kappa shape index (κ3) is 4.24. The zero-order chi connectivity index (χ0) is 19.5. The molecule has 2 amide bonds. The molecule has 1 aromatic carbocycles. The number of nitrogens with one attached hydrogen (secondary N) is 2. The number of hydrogen-bond donors (Lipinski definition) is 2. The lowest BCUT2D eigenvalue weighted by Crippen LogP contribution is -2.12. The monoisotopic (exact) mass is 413 g/mol. The number of thiophene rings is 1. The number of hydrogen-bond acceptors (Lipinski definition) is 8. The molecule has 8 nitrogen and oxygen atoms in total. The maximum Gasteiger partial charge on any atom is 0.227 e. The van der Waals surface area contributed by atoms with Crippen molar-refractivity contribution in [3.05, 3.63) is 40.9 Å². The number of aromatic nitrogens is 3. The van der Waals surface area contributed by atoms with Crippen LogP contribution in [0.5, 0.6) is 0 Å². The molecule has 10 heteroatoms. The molecule has 3 heterocycles. The van der Waals surface area contributed by atoms with Crippen molar-refractivity contribution in [1.29, 1.82) is 0 Å². The Bertz CT molecular complexity index is 1130. The van der Waals surface area contributed by atoms with Crippen LogP contribution in [0.4, 0.5) is 10.8 Å². The molecule has 4 aromatic rings. The molecule has 3 aromatic heterocycles. The van der Waals surface area contributed by atoms with E-state index in [-0.39, 0.29) is 18.2 Å². The number of aryl methyl sites for hydroxylation is 1. The number of thiazole rings is 1. The highest BCUT2D eigenvalue weighted by atomic mass is 32.1. The number of carbonyl (C=O) groups is 2. The third-order valence-corrected chi connectivity index (χ3v) is 5.39. The van der Waals surface area contributed by atoms with E-state index in [1.54, 1.807) is 23.5 Å². The predicted molar refractivity (Wildman–Crippen MR) is 108 cm³/mol. The highest BCUT2D eigenvalue weighted by Crippen LogP contribution is 2.28. The van der Waals surface area contributed by atoms with Gasteiger partial charge < -0.3 is 15.2 Å². The predicted octanol–water partition coefficient (Wildman–Crippen LogP) is 3.94. The van der Waals surface area contributed by atoms with E-state index in [0.717, 1.165) is 15.8 Å². The molecule has 0 saturated carbocycles. The smallest absolute Gasteiger partial charge is 0.227 e. The van der Waals surface area contributed by atoms with E-state index in [1.165, 1.54) is 18.3 Å². The van der Waals surface area contributed by atoms with E-state index in [0.29, 0.717) is 29.0 Å². The Hall–Kier alpha value is -3.11. The topological polar surface area (TPSA) is 110 Å². The van der Waals surface area contributed by atoms with Gasteiger partial charge in [-0.15, -0.1) is 0 Å².